The highest BCUT2D eigenvalue weighted by Gasteiger charge is 1.65. The minimum absolute atomic E-state index is 0.698. The summed E-state index contributed by atoms with van der Waals surface area (Å²) in [6.07, 6.45) is 1.59. The summed E-state index contributed by atoms with van der Waals surface area (Å²) >= 11 is 5.05. The topological polar surface area (TPSA) is 0 Å². The minimum Gasteiger partial charge on any atom is -0.197 e. The summed E-state index contributed by atoms with van der Waals surface area (Å²) < 4.78 is 0. The first kappa shape index (κ1) is 5.21. The molecule has 4 heteroatoms. The molecule has 2 unspecified atom stereocenters. The lowest BCUT2D eigenvalue weighted by Crippen LogP contribution is -1.41. The molecule has 0 heterocycles. The highest BCUT2D eigenvalue weighted by atomic mass is 35.5. The molecule has 0 bridgehead atoms. The lowest BCUT2D eigenvalue weighted by molar-refractivity contribution is 4.51. The average Bonchev–Trinajstić information content (AvgIpc) is 1.37. The molecule has 1 radical (unpaired) electrons. The van der Waals surface area contributed by atoms with Crippen molar-refractivity contribution in [2.75, 3.05) is 0 Å². The van der Waals surface area contributed by atoms with Crippen LogP contribution < -0.4 is 0 Å². The third-order valence-corrected chi connectivity index (χ3v) is 1.70. The summed E-state index contributed by atoms with van der Waals surface area (Å²) in [6, 6.07) is 0. The van der Waals surface area contributed by atoms with Gasteiger partial charge < -0.3 is 0 Å². The van der Waals surface area contributed by atoms with Crippen molar-refractivity contribution >= 4 is 35.0 Å². The third-order valence-electron chi connectivity index (χ3n) is 0.0630. The van der Waals surface area contributed by atoms with Crippen LogP contribution in [0.3, 0.4) is 0 Å². The minimum atomic E-state index is 0.698. The van der Waals surface area contributed by atoms with Gasteiger partial charge in [-0.2, -0.15) is 11.5 Å². The van der Waals surface area contributed by atoms with Gasteiger partial charge in [-0.15, -0.1) is 17.1 Å². The van der Waals surface area contributed by atoms with E-state index in [1.54, 1.807) is 6.41 Å². The molecule has 0 saturated carbocycles. The molecule has 0 saturated heterocycles. The van der Waals surface area contributed by atoms with Crippen LogP contribution in [0.1, 0.15) is 0 Å². The molecule has 0 aromatic carbocycles. The van der Waals surface area contributed by atoms with Gasteiger partial charge in [0.1, 0.15) is 0 Å². The second kappa shape index (κ2) is 4.21. The standard InChI is InChI=1S/BClH3P2/c2-1-4-3/h4H,3H2. The summed E-state index contributed by atoms with van der Waals surface area (Å²) in [5.41, 5.74) is 0. The van der Waals surface area contributed by atoms with E-state index in [0.29, 0.717) is 8.15 Å². The van der Waals surface area contributed by atoms with Crippen molar-refractivity contribution in [3.63, 3.8) is 0 Å². The van der Waals surface area contributed by atoms with Crippen molar-refractivity contribution in [3.05, 3.63) is 0 Å². The third kappa shape index (κ3) is 3.21. The molecule has 0 fully saturated rings. The molecule has 23 valence electrons. The highest BCUT2D eigenvalue weighted by Crippen LogP contribution is 2.17. The van der Waals surface area contributed by atoms with Crippen LogP contribution in [-0.2, 0) is 0 Å². The van der Waals surface area contributed by atoms with E-state index >= 15 is 0 Å². The fourth-order valence-corrected chi connectivity index (χ4v) is 0. The van der Waals surface area contributed by atoms with Crippen molar-refractivity contribution in [1.29, 1.82) is 0 Å². The quantitative estimate of drug-likeness (QED) is 0.352. The lowest BCUT2D eigenvalue weighted by atomic mass is 10.7. The van der Waals surface area contributed by atoms with Gasteiger partial charge >= 0.3 is 0 Å². The molecule has 0 amide bonds. The van der Waals surface area contributed by atoms with Crippen LogP contribution in [0.2, 0.25) is 0 Å². The van der Waals surface area contributed by atoms with E-state index in [9.17, 15) is 0 Å². The zero-order valence-corrected chi connectivity index (χ0v) is 4.94. The first-order valence-corrected chi connectivity index (χ1v) is 4.12. The maximum absolute atomic E-state index is 5.05. The first-order chi connectivity index (χ1) is 1.91. The van der Waals surface area contributed by atoms with Gasteiger partial charge in [0, 0.05) is 0 Å². The van der Waals surface area contributed by atoms with E-state index in [1.807, 2.05) is 0 Å². The number of rotatable bonds is 1. The van der Waals surface area contributed by atoms with Gasteiger partial charge in [0.25, 0.3) is 6.41 Å². The maximum Gasteiger partial charge on any atom is 0.272 e. The Hall–Kier alpha value is 1.21. The monoisotopic (exact) mass is 111 g/mol. The van der Waals surface area contributed by atoms with E-state index in [2.05, 4.69) is 8.93 Å². The molecule has 0 aromatic rings. The molecule has 0 aliphatic carbocycles. The zero-order valence-electron chi connectivity index (χ0n) is 2.03. The van der Waals surface area contributed by atoms with Crippen LogP contribution in [-0.4, -0.2) is 6.41 Å². The van der Waals surface area contributed by atoms with Crippen LogP contribution in [0.25, 0.3) is 0 Å². The fourth-order valence-electron chi connectivity index (χ4n) is 0. The lowest BCUT2D eigenvalue weighted by Gasteiger charge is -1.62. The van der Waals surface area contributed by atoms with Crippen LogP contribution in [0.4, 0.5) is 0 Å². The molecule has 4 heavy (non-hydrogen) atoms. The molecule has 0 spiro atoms. The Morgan fingerprint density at radius 2 is 2.25 bits per heavy atom. The number of hydrogen-bond acceptors (Lipinski definition) is 0. The van der Waals surface area contributed by atoms with Gasteiger partial charge in [-0.25, -0.2) is 0 Å². The predicted molar refractivity (Wildman–Crippen MR) is 29.6 cm³/mol. The first-order valence-electron chi connectivity index (χ1n) is 0.796. The van der Waals surface area contributed by atoms with Crippen molar-refractivity contribution in [1.82, 2.24) is 0 Å². The highest BCUT2D eigenvalue weighted by molar-refractivity contribution is 8.20. The Bertz CT molecular complexity index is 8.00. The molecule has 0 aliphatic rings. The average molecular weight is 111 g/mol. The number of hydrogen-bond donors (Lipinski definition) is 0. The van der Waals surface area contributed by atoms with Crippen LogP contribution in [0, 0.1) is 0 Å². The van der Waals surface area contributed by atoms with Crippen molar-refractivity contribution in [3.8, 4) is 0 Å². The second-order valence-electron chi connectivity index (χ2n) is 0.276. The maximum atomic E-state index is 5.05. The Labute approximate surface area is 35.7 Å². The second-order valence-corrected chi connectivity index (χ2v) is 2.48. The van der Waals surface area contributed by atoms with Crippen LogP contribution in [0.15, 0.2) is 0 Å². The van der Waals surface area contributed by atoms with E-state index in [4.69, 9.17) is 11.5 Å². The summed E-state index contributed by atoms with van der Waals surface area (Å²) in [4.78, 5) is 0. The van der Waals surface area contributed by atoms with Gasteiger partial charge in [-0.1, -0.05) is 0 Å². The molecule has 0 N–H and O–H groups in total. The molecule has 0 nitrogen and oxygen atoms in total. The number of halogens is 1. The molecular formula is H3BClP2. The van der Waals surface area contributed by atoms with Gasteiger partial charge in [-0.3, -0.25) is 0 Å². The summed E-state index contributed by atoms with van der Waals surface area (Å²) in [7, 11) is 3.19. The van der Waals surface area contributed by atoms with Gasteiger partial charge in [0.2, 0.25) is 0 Å². The Morgan fingerprint density at radius 1 is 2.00 bits per heavy atom. The largest absolute Gasteiger partial charge is 0.272 e. The Balaban J connectivity index is 1.97. The van der Waals surface area contributed by atoms with E-state index in [-0.39, 0.29) is 0 Å². The van der Waals surface area contributed by atoms with Crippen LogP contribution in [0.5, 0.6) is 0 Å². The summed E-state index contributed by atoms with van der Waals surface area (Å²) in [6.45, 7) is 0. The van der Waals surface area contributed by atoms with E-state index in [1.165, 1.54) is 0 Å². The smallest absolute Gasteiger partial charge is 0.197 e. The van der Waals surface area contributed by atoms with Crippen molar-refractivity contribution in [2.24, 2.45) is 0 Å². The van der Waals surface area contributed by atoms with Crippen molar-refractivity contribution < 1.29 is 0 Å². The van der Waals surface area contributed by atoms with Gasteiger partial charge in [0.05, 0.1) is 0 Å². The Kier molecular flexibility index (Phi) is 5.50. The molecular weight excluding hydrogens is 108 g/mol. The summed E-state index contributed by atoms with van der Waals surface area (Å²) in [5, 5.41) is 0. The van der Waals surface area contributed by atoms with Gasteiger partial charge in [0.15, 0.2) is 0 Å². The zero-order chi connectivity index (χ0) is 3.41. The normalized spacial score (nSPS) is 9.50. The molecule has 2 atom stereocenters. The molecule has 0 aromatic heterocycles. The summed E-state index contributed by atoms with van der Waals surface area (Å²) in [5.74, 6) is 0. The van der Waals surface area contributed by atoms with Gasteiger partial charge in [-0.05, 0) is 0 Å². The van der Waals surface area contributed by atoms with Crippen molar-refractivity contribution in [2.45, 2.75) is 0 Å². The molecule has 0 rings (SSSR count). The Morgan fingerprint density at radius 3 is 2.25 bits per heavy atom. The fraction of sp³-hybridized carbons (Fsp3) is 0. The van der Waals surface area contributed by atoms with E-state index < -0.39 is 0 Å². The van der Waals surface area contributed by atoms with Crippen LogP contribution >= 0.6 is 28.5 Å². The van der Waals surface area contributed by atoms with E-state index in [0.717, 1.165) is 0 Å². The predicted octanol–water partition coefficient (Wildman–Crippen LogP) is 1.23. The SMILES string of the molecule is PP[B]Cl. The molecule has 0 aliphatic heterocycles.